The second kappa shape index (κ2) is 11.3. The smallest absolute Gasteiger partial charge is 0.257 e. The Hall–Kier alpha value is -3.79. The largest absolute Gasteiger partial charge is 0.497 e. The molecule has 1 aromatic heterocycles. The van der Waals surface area contributed by atoms with Crippen molar-refractivity contribution in [3.8, 4) is 5.75 Å². The van der Waals surface area contributed by atoms with E-state index in [9.17, 15) is 14.4 Å². The molecule has 1 saturated heterocycles. The Kier molecular flexibility index (Phi) is 7.94. The van der Waals surface area contributed by atoms with Crippen LogP contribution in [0.15, 0.2) is 48.5 Å². The molecule has 36 heavy (non-hydrogen) atoms. The van der Waals surface area contributed by atoms with Gasteiger partial charge in [0.15, 0.2) is 0 Å². The van der Waals surface area contributed by atoms with E-state index >= 15 is 0 Å². The topological polar surface area (TPSA) is 114 Å². The van der Waals surface area contributed by atoms with Crippen molar-refractivity contribution in [3.63, 3.8) is 0 Å². The number of amides is 3. The van der Waals surface area contributed by atoms with Gasteiger partial charge in [0, 0.05) is 41.7 Å². The quantitative estimate of drug-likeness (QED) is 0.434. The lowest BCUT2D eigenvalue weighted by molar-refractivity contribution is -0.120. The lowest BCUT2D eigenvalue weighted by Gasteiger charge is -2.16. The van der Waals surface area contributed by atoms with E-state index in [2.05, 4.69) is 20.8 Å². The number of hydrogen-bond donors (Lipinski definition) is 2. The van der Waals surface area contributed by atoms with Gasteiger partial charge in [-0.05, 0) is 61.4 Å². The van der Waals surface area contributed by atoms with E-state index in [1.807, 2.05) is 38.1 Å². The summed E-state index contributed by atoms with van der Waals surface area (Å²) in [4.78, 5) is 39.3. The van der Waals surface area contributed by atoms with Gasteiger partial charge in [-0.25, -0.2) is 0 Å². The van der Waals surface area contributed by atoms with Crippen LogP contribution in [0.2, 0.25) is 0 Å². The van der Waals surface area contributed by atoms with E-state index < -0.39 is 0 Å². The molecule has 10 heteroatoms. The highest BCUT2D eigenvalue weighted by atomic mass is 32.1. The molecular weight excluding hydrogens is 478 g/mol. The van der Waals surface area contributed by atoms with E-state index in [1.54, 1.807) is 36.3 Å². The number of nitrogens with zero attached hydrogens (tertiary/aromatic N) is 3. The van der Waals surface area contributed by atoms with Gasteiger partial charge in [-0.15, -0.1) is 10.2 Å². The van der Waals surface area contributed by atoms with E-state index in [1.165, 1.54) is 11.3 Å². The summed E-state index contributed by atoms with van der Waals surface area (Å²) in [7, 11) is 1.60. The van der Waals surface area contributed by atoms with Gasteiger partial charge in [-0.3, -0.25) is 19.7 Å². The van der Waals surface area contributed by atoms with Crippen LogP contribution in [0.25, 0.3) is 0 Å². The third-order valence-corrected chi connectivity index (χ3v) is 7.29. The molecule has 0 aliphatic carbocycles. The molecule has 1 unspecified atom stereocenters. The van der Waals surface area contributed by atoms with Gasteiger partial charge >= 0.3 is 0 Å². The predicted molar refractivity (Wildman–Crippen MR) is 140 cm³/mol. The van der Waals surface area contributed by atoms with Crippen LogP contribution in [0, 0.1) is 5.92 Å². The highest BCUT2D eigenvalue weighted by Gasteiger charge is 2.34. The van der Waals surface area contributed by atoms with E-state index in [0.29, 0.717) is 34.4 Å². The third-order valence-electron chi connectivity index (χ3n) is 6.29. The predicted octanol–water partition coefficient (Wildman–Crippen LogP) is 4.69. The maximum Gasteiger partial charge on any atom is 0.257 e. The number of carbonyl (C=O) groups excluding carboxylic acids is 3. The van der Waals surface area contributed by atoms with Crippen molar-refractivity contribution in [2.24, 2.45) is 5.92 Å². The second-order valence-electron chi connectivity index (χ2n) is 8.58. The number of rotatable bonds is 9. The summed E-state index contributed by atoms with van der Waals surface area (Å²) in [5.41, 5.74) is 1.89. The van der Waals surface area contributed by atoms with Crippen LogP contribution in [0.5, 0.6) is 5.75 Å². The van der Waals surface area contributed by atoms with Gasteiger partial charge < -0.3 is 15.0 Å². The first kappa shape index (κ1) is 25.3. The van der Waals surface area contributed by atoms with Gasteiger partial charge in [-0.1, -0.05) is 25.2 Å². The summed E-state index contributed by atoms with van der Waals surface area (Å²) in [6, 6.07) is 14.1. The number of methoxy groups -OCH3 is 1. The maximum absolute atomic E-state index is 12.7. The fraction of sp³-hybridized carbons (Fsp3) is 0.346. The molecule has 0 spiro atoms. The van der Waals surface area contributed by atoms with Crippen LogP contribution in [-0.4, -0.2) is 41.6 Å². The Morgan fingerprint density at radius 1 is 1.06 bits per heavy atom. The van der Waals surface area contributed by atoms with Crippen molar-refractivity contribution in [2.75, 3.05) is 29.2 Å². The lowest BCUT2D eigenvalue weighted by Crippen LogP contribution is -2.24. The number of nitrogens with one attached hydrogen (secondary N) is 2. The molecule has 9 nitrogen and oxygen atoms in total. The molecule has 4 rings (SSSR count). The molecule has 1 fully saturated rings. The molecule has 3 aromatic rings. The third kappa shape index (κ3) is 5.71. The fourth-order valence-corrected chi connectivity index (χ4v) is 4.94. The van der Waals surface area contributed by atoms with Crippen LogP contribution in [0.3, 0.4) is 0 Å². The highest BCUT2D eigenvalue weighted by Crippen LogP contribution is 2.34. The number of ether oxygens (including phenoxy) is 1. The summed E-state index contributed by atoms with van der Waals surface area (Å²) >= 11 is 1.27. The minimum Gasteiger partial charge on any atom is -0.497 e. The van der Waals surface area contributed by atoms with Gasteiger partial charge in [0.2, 0.25) is 16.9 Å². The summed E-state index contributed by atoms with van der Waals surface area (Å²) in [5, 5.41) is 15.1. The zero-order chi connectivity index (χ0) is 25.7. The molecule has 3 amide bonds. The van der Waals surface area contributed by atoms with E-state index in [0.717, 1.165) is 24.3 Å². The zero-order valence-corrected chi connectivity index (χ0v) is 21.3. The molecule has 2 aromatic carbocycles. The molecule has 1 aliphatic rings. The Labute approximate surface area is 213 Å². The van der Waals surface area contributed by atoms with Crippen molar-refractivity contribution in [1.82, 2.24) is 10.2 Å². The Balaban J connectivity index is 1.35. The Morgan fingerprint density at radius 2 is 1.75 bits per heavy atom. The molecule has 2 N–H and O–H groups in total. The first-order valence-electron chi connectivity index (χ1n) is 11.9. The Morgan fingerprint density at radius 3 is 2.39 bits per heavy atom. The summed E-state index contributed by atoms with van der Waals surface area (Å²) < 4.78 is 5.18. The first-order valence-corrected chi connectivity index (χ1v) is 12.7. The van der Waals surface area contributed by atoms with Gasteiger partial charge in [-0.2, -0.15) is 0 Å². The minimum atomic E-state index is -0.321. The summed E-state index contributed by atoms with van der Waals surface area (Å²) in [6.45, 7) is 4.47. The molecule has 0 bridgehead atoms. The van der Waals surface area contributed by atoms with Crippen LogP contribution >= 0.6 is 11.3 Å². The molecule has 1 atom stereocenters. The van der Waals surface area contributed by atoms with Crippen molar-refractivity contribution < 1.29 is 19.1 Å². The first-order chi connectivity index (χ1) is 17.4. The fourth-order valence-electron chi connectivity index (χ4n) is 4.11. The minimum absolute atomic E-state index is 0.0160. The van der Waals surface area contributed by atoms with Crippen molar-refractivity contribution in [3.05, 3.63) is 59.1 Å². The molecule has 188 valence electrons. The molecule has 1 aliphatic heterocycles. The maximum atomic E-state index is 12.7. The summed E-state index contributed by atoms with van der Waals surface area (Å²) in [5.74, 6) is 0.279. The number of hydrogen-bond acceptors (Lipinski definition) is 7. The lowest BCUT2D eigenvalue weighted by atomic mass is 10.0. The molecule has 2 heterocycles. The van der Waals surface area contributed by atoms with Gasteiger partial charge in [0.05, 0.1) is 7.11 Å². The number of anilines is 3. The van der Waals surface area contributed by atoms with Crippen LogP contribution < -0.4 is 20.3 Å². The highest BCUT2D eigenvalue weighted by molar-refractivity contribution is 7.15. The van der Waals surface area contributed by atoms with Crippen molar-refractivity contribution >= 4 is 45.6 Å². The average Bonchev–Trinajstić information content (AvgIpc) is 3.51. The van der Waals surface area contributed by atoms with Gasteiger partial charge in [0.25, 0.3) is 5.91 Å². The molecular formula is C26H29N5O4S. The van der Waals surface area contributed by atoms with E-state index in [4.69, 9.17) is 4.74 Å². The number of benzene rings is 2. The molecule has 0 radical (unpaired) electrons. The average molecular weight is 508 g/mol. The Bertz CT molecular complexity index is 1220. The standard InChI is InChI=1S/C26H29N5O4S/c1-4-16(5-2)23(33)27-19-8-6-17(7-9-19)24(34)28-26-30-29-25(36-26)18-14-22(32)31(15-18)20-10-12-21(35-3)13-11-20/h6-13,16,18H,4-5,14-15H2,1-3H3,(H,27,33)(H,28,30,34). The van der Waals surface area contributed by atoms with Crippen LogP contribution in [0.1, 0.15) is 54.4 Å². The van der Waals surface area contributed by atoms with Crippen molar-refractivity contribution in [2.45, 2.75) is 39.0 Å². The number of aromatic nitrogens is 2. The summed E-state index contributed by atoms with van der Waals surface area (Å²) in [6.07, 6.45) is 1.89. The normalized spacial score (nSPS) is 15.3. The zero-order valence-electron chi connectivity index (χ0n) is 20.5. The van der Waals surface area contributed by atoms with Gasteiger partial charge in [0.1, 0.15) is 10.8 Å². The number of carbonyl (C=O) groups is 3. The van der Waals surface area contributed by atoms with Crippen molar-refractivity contribution in [1.29, 1.82) is 0 Å². The van der Waals surface area contributed by atoms with Crippen LogP contribution in [0.4, 0.5) is 16.5 Å². The second-order valence-corrected chi connectivity index (χ2v) is 9.59. The molecule has 0 saturated carbocycles. The van der Waals surface area contributed by atoms with E-state index in [-0.39, 0.29) is 29.6 Å². The monoisotopic (exact) mass is 507 g/mol. The van der Waals surface area contributed by atoms with Crippen LogP contribution in [-0.2, 0) is 9.59 Å². The SMILES string of the molecule is CCC(CC)C(=O)Nc1ccc(C(=O)Nc2nnc(C3CC(=O)N(c4ccc(OC)cc4)C3)s2)cc1.